The number of hydrogen-bond donors (Lipinski definition) is 1. The van der Waals surface area contributed by atoms with E-state index >= 15 is 0 Å². The van der Waals surface area contributed by atoms with Crippen LogP contribution in [0.2, 0.25) is 5.02 Å². The summed E-state index contributed by atoms with van der Waals surface area (Å²) in [5.74, 6) is 1.09. The molecule has 0 bridgehead atoms. The van der Waals surface area contributed by atoms with Crippen LogP contribution in [0.1, 0.15) is 27.3 Å². The fraction of sp³-hybridized carbons (Fsp3) is 0.0345. The molecule has 1 N–H and O–H groups in total. The molecule has 0 saturated heterocycles. The molecule has 0 unspecified atom stereocenters. The fourth-order valence-corrected chi connectivity index (χ4v) is 3.81. The Morgan fingerprint density at radius 1 is 0.882 bits per heavy atom. The van der Waals surface area contributed by atoms with Crippen molar-refractivity contribution in [2.24, 2.45) is 0 Å². The van der Waals surface area contributed by atoms with E-state index in [9.17, 15) is 4.79 Å². The number of allylic oxidation sites excluding steroid dienone is 1. The molecule has 1 heterocycles. The van der Waals surface area contributed by atoms with Crippen LogP contribution in [0, 0.1) is 0 Å². The molecule has 5 rings (SSSR count). The number of ether oxygens (including phenoxy) is 1. The number of benzene rings is 4. The third kappa shape index (κ3) is 4.92. The Balaban J connectivity index is 1.51. The zero-order valence-corrected chi connectivity index (χ0v) is 19.0. The summed E-state index contributed by atoms with van der Waals surface area (Å²) in [7, 11) is 0. The van der Waals surface area contributed by atoms with Crippen molar-refractivity contribution in [3.8, 4) is 5.75 Å². The molecule has 0 aliphatic heterocycles. The second-order valence-corrected chi connectivity index (χ2v) is 8.28. The molecule has 4 nitrogen and oxygen atoms in total. The molecule has 34 heavy (non-hydrogen) atoms. The summed E-state index contributed by atoms with van der Waals surface area (Å²) in [6.45, 7) is 0.466. The third-order valence-corrected chi connectivity index (χ3v) is 5.66. The van der Waals surface area contributed by atoms with E-state index in [1.807, 2.05) is 84.9 Å². The van der Waals surface area contributed by atoms with Crippen LogP contribution in [0.4, 0.5) is 0 Å². The van der Waals surface area contributed by atoms with Gasteiger partial charge in [0.2, 0.25) is 0 Å². The van der Waals surface area contributed by atoms with Gasteiger partial charge < -0.3 is 9.72 Å². The number of hydrogen-bond acceptors (Lipinski definition) is 3. The summed E-state index contributed by atoms with van der Waals surface area (Å²) in [4.78, 5) is 21.5. The van der Waals surface area contributed by atoms with Gasteiger partial charge in [-0.25, -0.2) is 4.98 Å². The molecule has 0 radical (unpaired) electrons. The number of carbonyl (C=O) groups excluding carboxylic acids is 1. The van der Waals surface area contributed by atoms with Gasteiger partial charge in [-0.2, -0.15) is 0 Å². The number of Topliss-reactive ketones (excluding diaryl/α,β-unsaturated/α-hetero) is 1. The van der Waals surface area contributed by atoms with Crippen LogP contribution in [-0.4, -0.2) is 15.8 Å². The number of carbonyl (C=O) groups is 1. The summed E-state index contributed by atoms with van der Waals surface area (Å²) < 4.78 is 5.97. The fourth-order valence-electron chi connectivity index (χ4n) is 3.68. The van der Waals surface area contributed by atoms with E-state index in [2.05, 4.69) is 9.97 Å². The van der Waals surface area contributed by atoms with Gasteiger partial charge in [-0.3, -0.25) is 4.79 Å². The van der Waals surface area contributed by atoms with Crippen molar-refractivity contribution in [2.75, 3.05) is 0 Å². The highest BCUT2D eigenvalue weighted by Gasteiger charge is 2.18. The quantitative estimate of drug-likeness (QED) is 0.204. The van der Waals surface area contributed by atoms with E-state index < -0.39 is 0 Å². The van der Waals surface area contributed by atoms with Crippen LogP contribution in [0.3, 0.4) is 0 Å². The maximum atomic E-state index is 13.5. The number of fused-ring (bicyclic) bond motifs is 1. The highest BCUT2D eigenvalue weighted by molar-refractivity contribution is 6.33. The molecular formula is C29H21ClN2O2. The molecule has 0 saturated carbocycles. The second-order valence-electron chi connectivity index (χ2n) is 7.84. The Labute approximate surface area is 202 Å². The maximum absolute atomic E-state index is 13.5. The van der Waals surface area contributed by atoms with E-state index in [0.717, 1.165) is 27.9 Å². The lowest BCUT2D eigenvalue weighted by atomic mass is 10.0. The predicted molar refractivity (Wildman–Crippen MR) is 137 cm³/mol. The molecule has 5 heteroatoms. The molecule has 0 atom stereocenters. The Hall–Kier alpha value is -4.15. The molecule has 0 spiro atoms. The SMILES string of the molecule is O=C(/C(=C/c1cccc(OCc2ccccc2)c1)c1nc2ccccc2[nH]1)c1ccc(Cl)cc1. The highest BCUT2D eigenvalue weighted by Crippen LogP contribution is 2.26. The maximum Gasteiger partial charge on any atom is 0.196 e. The number of H-pyrrole nitrogens is 1. The Kier molecular flexibility index (Phi) is 6.23. The lowest BCUT2D eigenvalue weighted by molar-refractivity contribution is 0.105. The van der Waals surface area contributed by atoms with Crippen molar-refractivity contribution in [3.63, 3.8) is 0 Å². The monoisotopic (exact) mass is 464 g/mol. The van der Waals surface area contributed by atoms with Crippen molar-refractivity contribution >= 4 is 40.1 Å². The molecule has 0 fully saturated rings. The van der Waals surface area contributed by atoms with Gasteiger partial charge in [-0.15, -0.1) is 0 Å². The Bertz CT molecular complexity index is 1440. The van der Waals surface area contributed by atoms with E-state index in [4.69, 9.17) is 16.3 Å². The zero-order chi connectivity index (χ0) is 23.3. The number of nitrogens with one attached hydrogen (secondary N) is 1. The molecule has 166 valence electrons. The molecule has 0 aliphatic rings. The van der Waals surface area contributed by atoms with Crippen LogP contribution in [0.25, 0.3) is 22.7 Å². The number of ketones is 1. The van der Waals surface area contributed by atoms with Gasteiger partial charge in [-0.1, -0.05) is 66.2 Å². The first-order valence-corrected chi connectivity index (χ1v) is 11.3. The molecule has 1 aromatic heterocycles. The van der Waals surface area contributed by atoms with Gasteiger partial charge in [0, 0.05) is 10.6 Å². The minimum Gasteiger partial charge on any atom is -0.489 e. The van der Waals surface area contributed by atoms with Crippen LogP contribution >= 0.6 is 11.6 Å². The van der Waals surface area contributed by atoms with E-state index in [-0.39, 0.29) is 5.78 Å². The molecule has 0 amide bonds. The predicted octanol–water partition coefficient (Wildman–Crippen LogP) is 7.22. The van der Waals surface area contributed by atoms with Crippen LogP contribution in [-0.2, 0) is 6.61 Å². The lowest BCUT2D eigenvalue weighted by Gasteiger charge is -2.08. The van der Waals surface area contributed by atoms with Gasteiger partial charge in [0.1, 0.15) is 18.2 Å². The number of para-hydroxylation sites is 2. The Morgan fingerprint density at radius 3 is 2.44 bits per heavy atom. The molecule has 0 aliphatic carbocycles. The topological polar surface area (TPSA) is 55.0 Å². The van der Waals surface area contributed by atoms with Gasteiger partial charge >= 0.3 is 0 Å². The number of nitrogens with zero attached hydrogens (tertiary/aromatic N) is 1. The van der Waals surface area contributed by atoms with Gasteiger partial charge in [-0.05, 0) is 65.7 Å². The number of aromatic amines is 1. The number of aromatic nitrogens is 2. The van der Waals surface area contributed by atoms with Crippen molar-refractivity contribution < 1.29 is 9.53 Å². The molecule has 4 aromatic carbocycles. The van der Waals surface area contributed by atoms with Gasteiger partial charge in [0.15, 0.2) is 5.78 Å². The van der Waals surface area contributed by atoms with Crippen molar-refractivity contribution in [1.29, 1.82) is 0 Å². The third-order valence-electron chi connectivity index (χ3n) is 5.41. The first-order chi connectivity index (χ1) is 16.7. The summed E-state index contributed by atoms with van der Waals surface area (Å²) in [5.41, 5.74) is 4.58. The average molecular weight is 465 g/mol. The van der Waals surface area contributed by atoms with Crippen LogP contribution in [0.5, 0.6) is 5.75 Å². The summed E-state index contributed by atoms with van der Waals surface area (Å²) in [6, 6.07) is 32.2. The van der Waals surface area contributed by atoms with Crippen LogP contribution in [0.15, 0.2) is 103 Å². The highest BCUT2D eigenvalue weighted by atomic mass is 35.5. The van der Waals surface area contributed by atoms with Crippen LogP contribution < -0.4 is 4.74 Å². The largest absolute Gasteiger partial charge is 0.489 e. The summed E-state index contributed by atoms with van der Waals surface area (Å²) in [6.07, 6.45) is 1.84. The Morgan fingerprint density at radius 2 is 1.65 bits per heavy atom. The van der Waals surface area contributed by atoms with Gasteiger partial charge in [0.25, 0.3) is 0 Å². The minimum absolute atomic E-state index is 0.147. The zero-order valence-electron chi connectivity index (χ0n) is 18.2. The first kappa shape index (κ1) is 21.7. The lowest BCUT2D eigenvalue weighted by Crippen LogP contribution is -2.04. The number of halogens is 1. The van der Waals surface area contributed by atoms with E-state index in [0.29, 0.717) is 28.6 Å². The normalized spacial score (nSPS) is 11.5. The summed E-state index contributed by atoms with van der Waals surface area (Å²) >= 11 is 6.03. The van der Waals surface area contributed by atoms with Crippen molar-refractivity contribution in [3.05, 3.63) is 131 Å². The first-order valence-electron chi connectivity index (χ1n) is 10.9. The summed E-state index contributed by atoms with van der Waals surface area (Å²) in [5, 5.41) is 0.578. The number of rotatable bonds is 7. The van der Waals surface area contributed by atoms with Crippen molar-refractivity contribution in [2.45, 2.75) is 6.61 Å². The standard InChI is InChI=1S/C29H21ClN2O2/c30-23-15-13-22(14-16-23)28(33)25(29-31-26-11-4-5-12-27(26)32-29)18-21-9-6-10-24(17-21)34-19-20-7-2-1-3-8-20/h1-18H,19H2,(H,31,32)/b25-18-. The van der Waals surface area contributed by atoms with E-state index in [1.54, 1.807) is 24.3 Å². The smallest absolute Gasteiger partial charge is 0.196 e. The average Bonchev–Trinajstić information content (AvgIpc) is 3.31. The van der Waals surface area contributed by atoms with E-state index in [1.165, 1.54) is 0 Å². The molecule has 5 aromatic rings. The molecular weight excluding hydrogens is 444 g/mol. The second kappa shape index (κ2) is 9.77. The minimum atomic E-state index is -0.147. The van der Waals surface area contributed by atoms with Crippen molar-refractivity contribution in [1.82, 2.24) is 9.97 Å². The number of imidazole rings is 1. The van der Waals surface area contributed by atoms with Gasteiger partial charge in [0.05, 0.1) is 16.6 Å².